The van der Waals surface area contributed by atoms with Crippen molar-refractivity contribution in [2.75, 3.05) is 10.2 Å². The first kappa shape index (κ1) is 22.4. The van der Waals surface area contributed by atoms with Crippen LogP contribution in [0.15, 0.2) is 82.3 Å². The molecule has 1 saturated heterocycles. The van der Waals surface area contributed by atoms with Gasteiger partial charge in [0.2, 0.25) is 21.8 Å². The van der Waals surface area contributed by atoms with Gasteiger partial charge in [0.1, 0.15) is 11.8 Å². The Morgan fingerprint density at radius 3 is 2.36 bits per heavy atom. The number of carbonyl (C=O) groups excluding carboxylic acids is 3. The van der Waals surface area contributed by atoms with E-state index in [1.54, 1.807) is 42.5 Å². The Morgan fingerprint density at radius 1 is 1.06 bits per heavy atom. The summed E-state index contributed by atoms with van der Waals surface area (Å²) in [7, 11) is -4.12. The van der Waals surface area contributed by atoms with Crippen LogP contribution in [0, 0.1) is 0 Å². The lowest BCUT2D eigenvalue weighted by atomic mass is 10.2. The average Bonchev–Trinajstić information content (AvgIpc) is 3.40. The lowest BCUT2D eigenvalue weighted by molar-refractivity contribution is -0.122. The van der Waals surface area contributed by atoms with Crippen LogP contribution in [0.3, 0.4) is 0 Å². The maximum Gasteiger partial charge on any atom is 0.252 e. The third kappa shape index (κ3) is 4.57. The zero-order valence-electron chi connectivity index (χ0n) is 17.7. The molecule has 2 heterocycles. The summed E-state index contributed by atoms with van der Waals surface area (Å²) >= 11 is 0. The Kier molecular flexibility index (Phi) is 6.12. The van der Waals surface area contributed by atoms with Crippen LogP contribution in [0.2, 0.25) is 0 Å². The number of sulfonamides is 1. The summed E-state index contributed by atoms with van der Waals surface area (Å²) in [6.45, 7) is 1.16. The van der Waals surface area contributed by atoms with Gasteiger partial charge < -0.3 is 9.73 Å². The van der Waals surface area contributed by atoms with Crippen LogP contribution in [-0.2, 0) is 31.0 Å². The van der Waals surface area contributed by atoms with Gasteiger partial charge in [0.15, 0.2) is 0 Å². The Hall–Kier alpha value is -3.76. The lowest BCUT2D eigenvalue weighted by Gasteiger charge is -2.26. The van der Waals surface area contributed by atoms with E-state index in [1.165, 1.54) is 37.5 Å². The van der Waals surface area contributed by atoms with Gasteiger partial charge in [0.05, 0.1) is 29.8 Å². The maximum atomic E-state index is 13.5. The molecule has 0 saturated carbocycles. The van der Waals surface area contributed by atoms with E-state index in [1.807, 2.05) is 0 Å². The predicted octanol–water partition coefficient (Wildman–Crippen LogP) is 2.76. The zero-order chi connectivity index (χ0) is 23.6. The van der Waals surface area contributed by atoms with Gasteiger partial charge in [0.25, 0.3) is 5.91 Å². The van der Waals surface area contributed by atoms with Gasteiger partial charge in [-0.1, -0.05) is 18.2 Å². The molecule has 1 unspecified atom stereocenters. The van der Waals surface area contributed by atoms with E-state index in [0.717, 1.165) is 9.21 Å². The molecule has 0 aliphatic carbocycles. The van der Waals surface area contributed by atoms with E-state index < -0.39 is 27.9 Å². The predicted molar refractivity (Wildman–Crippen MR) is 120 cm³/mol. The first-order chi connectivity index (χ1) is 15.8. The lowest BCUT2D eigenvalue weighted by Crippen LogP contribution is -2.45. The molecule has 1 N–H and O–H groups in total. The van der Waals surface area contributed by atoms with Crippen molar-refractivity contribution >= 4 is 39.1 Å². The molecule has 33 heavy (non-hydrogen) atoms. The summed E-state index contributed by atoms with van der Waals surface area (Å²) in [4.78, 5) is 38.3. The largest absolute Gasteiger partial charge is 0.468 e. The minimum absolute atomic E-state index is 0.00918. The van der Waals surface area contributed by atoms with E-state index in [-0.39, 0.29) is 29.5 Å². The molecule has 4 rings (SSSR count). The van der Waals surface area contributed by atoms with Gasteiger partial charge >= 0.3 is 0 Å². The van der Waals surface area contributed by atoms with Crippen LogP contribution in [0.25, 0.3) is 0 Å². The fraction of sp³-hybridized carbons (Fsp3) is 0.174. The Labute approximate surface area is 190 Å². The highest BCUT2D eigenvalue weighted by Gasteiger charge is 2.47. The number of nitrogens with one attached hydrogen (secondary N) is 1. The number of anilines is 2. The van der Waals surface area contributed by atoms with E-state index in [0.29, 0.717) is 11.4 Å². The van der Waals surface area contributed by atoms with Crippen molar-refractivity contribution in [2.24, 2.45) is 0 Å². The third-order valence-electron chi connectivity index (χ3n) is 5.16. The molecular weight excluding hydrogens is 446 g/mol. The fourth-order valence-electron chi connectivity index (χ4n) is 3.66. The summed E-state index contributed by atoms with van der Waals surface area (Å²) in [5.41, 5.74) is 0.796. The topological polar surface area (TPSA) is 117 Å². The van der Waals surface area contributed by atoms with E-state index in [2.05, 4.69) is 5.32 Å². The molecular formula is C23H21N3O6S. The molecule has 0 spiro atoms. The molecule has 3 aromatic rings. The molecule has 3 amide bonds. The number of amides is 3. The third-order valence-corrected chi connectivity index (χ3v) is 7.03. The molecule has 1 aliphatic rings. The quantitative estimate of drug-likeness (QED) is 0.534. The van der Waals surface area contributed by atoms with Crippen molar-refractivity contribution in [3.8, 4) is 0 Å². The van der Waals surface area contributed by atoms with Gasteiger partial charge in [-0.15, -0.1) is 0 Å². The minimum Gasteiger partial charge on any atom is -0.468 e. The highest BCUT2D eigenvalue weighted by molar-refractivity contribution is 7.89. The monoisotopic (exact) mass is 467 g/mol. The summed E-state index contributed by atoms with van der Waals surface area (Å²) in [5, 5.41) is 2.61. The fourth-order valence-corrected chi connectivity index (χ4v) is 5.22. The Morgan fingerprint density at radius 2 is 1.76 bits per heavy atom. The van der Waals surface area contributed by atoms with E-state index >= 15 is 0 Å². The van der Waals surface area contributed by atoms with E-state index in [4.69, 9.17) is 4.42 Å². The normalized spacial score (nSPS) is 16.4. The highest BCUT2D eigenvalue weighted by atomic mass is 32.2. The second kappa shape index (κ2) is 9.00. The van der Waals surface area contributed by atoms with Crippen LogP contribution < -0.4 is 10.2 Å². The number of rotatable bonds is 7. The molecule has 0 radical (unpaired) electrons. The average molecular weight is 468 g/mol. The second-order valence-corrected chi connectivity index (χ2v) is 9.35. The van der Waals surface area contributed by atoms with Gasteiger partial charge in [0, 0.05) is 12.6 Å². The number of hydrogen-bond donors (Lipinski definition) is 1. The van der Waals surface area contributed by atoms with Crippen molar-refractivity contribution in [1.29, 1.82) is 0 Å². The Balaban J connectivity index is 1.67. The van der Waals surface area contributed by atoms with Crippen LogP contribution in [0.5, 0.6) is 0 Å². The van der Waals surface area contributed by atoms with Gasteiger partial charge in [-0.2, -0.15) is 4.31 Å². The molecule has 1 aromatic heterocycles. The number of hydrogen-bond acceptors (Lipinski definition) is 6. The zero-order valence-corrected chi connectivity index (χ0v) is 18.5. The first-order valence-corrected chi connectivity index (χ1v) is 11.5. The molecule has 0 bridgehead atoms. The van der Waals surface area contributed by atoms with Crippen molar-refractivity contribution in [3.05, 3.63) is 78.8 Å². The van der Waals surface area contributed by atoms with Crippen LogP contribution in [0.4, 0.5) is 11.4 Å². The molecule has 10 heteroatoms. The van der Waals surface area contributed by atoms with Crippen LogP contribution in [-0.4, -0.2) is 36.5 Å². The molecule has 1 aliphatic heterocycles. The van der Waals surface area contributed by atoms with Crippen LogP contribution in [0.1, 0.15) is 19.1 Å². The molecule has 1 atom stereocenters. The molecule has 1 fully saturated rings. The summed E-state index contributed by atoms with van der Waals surface area (Å²) in [5.74, 6) is -1.09. The number of furan rings is 1. The first-order valence-electron chi connectivity index (χ1n) is 10.1. The molecule has 170 valence electrons. The van der Waals surface area contributed by atoms with Crippen molar-refractivity contribution < 1.29 is 27.2 Å². The minimum atomic E-state index is -4.12. The summed E-state index contributed by atoms with van der Waals surface area (Å²) in [6, 6.07) is 15.9. The Bertz CT molecular complexity index is 1270. The van der Waals surface area contributed by atoms with Crippen LogP contribution >= 0.6 is 0 Å². The number of benzene rings is 2. The molecule has 9 nitrogen and oxygen atoms in total. The highest BCUT2D eigenvalue weighted by Crippen LogP contribution is 2.31. The van der Waals surface area contributed by atoms with Gasteiger partial charge in [-0.3, -0.25) is 14.4 Å². The number of carbonyl (C=O) groups is 3. The second-order valence-electron chi connectivity index (χ2n) is 7.46. The molecule has 2 aromatic carbocycles. The summed E-state index contributed by atoms with van der Waals surface area (Å²) < 4.78 is 33.2. The number of nitrogens with zero attached hydrogens (tertiary/aromatic N) is 2. The standard InChI is InChI=1S/C23H21N3O6S/c1-16(27)24-17-9-11-18(12-10-17)26-22(28)14-21(23(26)29)25(15-19-6-5-13-32-19)33(30,31)20-7-3-2-4-8-20/h2-13,21H,14-15H2,1H3,(H,24,27). The van der Waals surface area contributed by atoms with Crippen molar-refractivity contribution in [3.63, 3.8) is 0 Å². The van der Waals surface area contributed by atoms with Crippen molar-refractivity contribution in [2.45, 2.75) is 30.8 Å². The SMILES string of the molecule is CC(=O)Nc1ccc(N2C(=O)CC(N(Cc3ccco3)S(=O)(=O)c3ccccc3)C2=O)cc1. The summed E-state index contributed by atoms with van der Waals surface area (Å²) in [6.07, 6.45) is 1.10. The van der Waals surface area contributed by atoms with E-state index in [9.17, 15) is 22.8 Å². The smallest absolute Gasteiger partial charge is 0.252 e. The maximum absolute atomic E-state index is 13.5. The van der Waals surface area contributed by atoms with Gasteiger partial charge in [-0.05, 0) is 48.5 Å². The van der Waals surface area contributed by atoms with Crippen molar-refractivity contribution in [1.82, 2.24) is 4.31 Å². The van der Waals surface area contributed by atoms with Gasteiger partial charge in [-0.25, -0.2) is 13.3 Å². The number of imide groups is 1.